The van der Waals surface area contributed by atoms with Crippen molar-refractivity contribution in [2.24, 2.45) is 5.92 Å². The first kappa shape index (κ1) is 22.2. The van der Waals surface area contributed by atoms with Crippen molar-refractivity contribution in [3.05, 3.63) is 17.7 Å². The second-order valence-electron chi connectivity index (χ2n) is 8.85. The Labute approximate surface area is 178 Å². The Morgan fingerprint density at radius 3 is 2.33 bits per heavy atom. The number of amides is 2. The molecule has 2 aliphatic rings. The van der Waals surface area contributed by atoms with Gasteiger partial charge in [-0.25, -0.2) is 4.79 Å². The van der Waals surface area contributed by atoms with Crippen molar-refractivity contribution in [3.8, 4) is 0 Å². The molecule has 1 aromatic carbocycles. The third kappa shape index (κ3) is 4.19. The Balaban J connectivity index is 1.74. The molecular weight excluding hydrogens is 408 g/mol. The number of hydrogen-bond acceptors (Lipinski definition) is 5. The van der Waals surface area contributed by atoms with Crippen LogP contribution in [0.4, 0.5) is 21.9 Å². The van der Waals surface area contributed by atoms with Crippen molar-refractivity contribution < 1.29 is 22.7 Å². The number of ether oxygens (including phenoxy) is 1. The van der Waals surface area contributed by atoms with Gasteiger partial charge in [0.05, 0.1) is 17.3 Å². The average Bonchev–Trinajstić information content (AvgIpc) is 2.81. The maximum Gasteiger partial charge on any atom is 0.410 e. The van der Waals surface area contributed by atoms with Crippen LogP contribution in [0.1, 0.15) is 39.2 Å². The fourth-order valence-electron chi connectivity index (χ4n) is 3.67. The second-order valence-corrected chi connectivity index (χ2v) is 10.8. The molecule has 2 amide bonds. The normalized spacial score (nSPS) is 20.7. The predicted molar refractivity (Wildman–Crippen MR) is 116 cm³/mol. The molecular formula is C20H30N4O5S. The smallest absolute Gasteiger partial charge is 0.410 e. The van der Waals surface area contributed by atoms with E-state index in [4.69, 9.17) is 4.74 Å². The summed E-state index contributed by atoms with van der Waals surface area (Å²) in [4.78, 5) is 26.8. The quantitative estimate of drug-likeness (QED) is 0.765. The summed E-state index contributed by atoms with van der Waals surface area (Å²) in [6.45, 7) is 8.11. The summed E-state index contributed by atoms with van der Waals surface area (Å²) in [5.74, 6) is -0.550. The van der Waals surface area contributed by atoms with Gasteiger partial charge in [-0.05, 0) is 58.2 Å². The number of nitrogens with one attached hydrogen (secondary N) is 1. The Bertz CT molecular complexity index is 970. The zero-order chi connectivity index (χ0) is 22.4. The summed E-state index contributed by atoms with van der Waals surface area (Å²) in [6, 6.07) is 3.43. The summed E-state index contributed by atoms with van der Waals surface area (Å²) < 4.78 is 32.6. The molecule has 0 unspecified atom stereocenters. The van der Waals surface area contributed by atoms with E-state index in [9.17, 15) is 18.0 Å². The van der Waals surface area contributed by atoms with E-state index in [2.05, 4.69) is 5.32 Å². The number of fused-ring (bicyclic) bond motifs is 1. The first-order valence-corrected chi connectivity index (χ1v) is 11.4. The van der Waals surface area contributed by atoms with Gasteiger partial charge in [0, 0.05) is 32.9 Å². The molecule has 2 heterocycles. The van der Waals surface area contributed by atoms with Crippen molar-refractivity contribution in [2.75, 3.05) is 41.1 Å². The van der Waals surface area contributed by atoms with E-state index in [1.54, 1.807) is 17.0 Å². The molecule has 1 aromatic rings. The van der Waals surface area contributed by atoms with Crippen LogP contribution in [0.15, 0.2) is 12.1 Å². The molecule has 0 spiro atoms. The molecule has 9 nitrogen and oxygen atoms in total. The Hall–Kier alpha value is -2.49. The highest BCUT2D eigenvalue weighted by Crippen LogP contribution is 2.42. The Kier molecular flexibility index (Phi) is 5.66. The fourth-order valence-corrected chi connectivity index (χ4v) is 4.83. The number of rotatable bonds is 2. The van der Waals surface area contributed by atoms with Crippen LogP contribution in [-0.4, -0.2) is 58.1 Å². The molecule has 2 aliphatic heterocycles. The summed E-state index contributed by atoms with van der Waals surface area (Å²) in [5, 5.41) is 2.92. The molecule has 10 heteroatoms. The highest BCUT2D eigenvalue weighted by Gasteiger charge is 2.36. The minimum Gasteiger partial charge on any atom is -0.444 e. The monoisotopic (exact) mass is 438 g/mol. The average molecular weight is 439 g/mol. The number of hydrogen-bond donors (Lipinski definition) is 1. The third-order valence-electron chi connectivity index (χ3n) is 5.39. The number of aryl methyl sites for hydroxylation is 1. The van der Waals surface area contributed by atoms with Crippen LogP contribution in [0.2, 0.25) is 0 Å². The van der Waals surface area contributed by atoms with Crippen LogP contribution >= 0.6 is 0 Å². The lowest BCUT2D eigenvalue weighted by molar-refractivity contribution is -0.121. The van der Waals surface area contributed by atoms with Crippen LogP contribution in [0.5, 0.6) is 0 Å². The van der Waals surface area contributed by atoms with Gasteiger partial charge in [0.1, 0.15) is 5.60 Å². The van der Waals surface area contributed by atoms with Gasteiger partial charge >= 0.3 is 16.3 Å². The van der Waals surface area contributed by atoms with Crippen LogP contribution in [0, 0.1) is 12.8 Å². The maximum atomic E-state index is 12.9. The number of piperidine rings is 1. The van der Waals surface area contributed by atoms with Gasteiger partial charge in [-0.15, -0.1) is 0 Å². The Morgan fingerprint density at radius 2 is 1.73 bits per heavy atom. The predicted octanol–water partition coefficient (Wildman–Crippen LogP) is 2.71. The molecule has 3 rings (SSSR count). The first-order valence-electron chi connectivity index (χ1n) is 9.97. The molecule has 1 N–H and O–H groups in total. The third-order valence-corrected chi connectivity index (χ3v) is 7.17. The molecule has 0 bridgehead atoms. The minimum atomic E-state index is -3.58. The molecule has 1 fully saturated rings. The van der Waals surface area contributed by atoms with Gasteiger partial charge < -0.3 is 15.0 Å². The van der Waals surface area contributed by atoms with E-state index < -0.39 is 21.9 Å². The van der Waals surface area contributed by atoms with E-state index >= 15 is 0 Å². The zero-order valence-corrected chi connectivity index (χ0v) is 19.2. The van der Waals surface area contributed by atoms with Crippen molar-refractivity contribution >= 4 is 39.3 Å². The number of carbonyl (C=O) groups is 2. The summed E-state index contributed by atoms with van der Waals surface area (Å²) in [7, 11) is -0.594. The second kappa shape index (κ2) is 7.64. The van der Waals surface area contributed by atoms with Gasteiger partial charge in [-0.1, -0.05) is 0 Å². The molecule has 0 radical (unpaired) electrons. The lowest BCUT2D eigenvalue weighted by atomic mass is 9.97. The minimum absolute atomic E-state index is 0.192. The summed E-state index contributed by atoms with van der Waals surface area (Å²) in [6.07, 6.45) is 0.974. The van der Waals surface area contributed by atoms with Crippen LogP contribution in [0.3, 0.4) is 0 Å². The molecule has 1 saturated heterocycles. The lowest BCUT2D eigenvalue weighted by Crippen LogP contribution is -2.45. The van der Waals surface area contributed by atoms with Gasteiger partial charge in [0.25, 0.3) is 0 Å². The van der Waals surface area contributed by atoms with Gasteiger partial charge in [-0.3, -0.25) is 13.4 Å². The molecule has 0 aliphatic carbocycles. The van der Waals surface area contributed by atoms with Crippen molar-refractivity contribution in [3.63, 3.8) is 0 Å². The molecule has 1 atom stereocenters. The standard InChI is InChI=1S/C20H30N4O5S/c1-13-10-16-17(23(6)30(27,28)22(16)5)11-15(13)21-18(25)14-8-7-9-24(12-14)19(26)29-20(2,3)4/h10-11,14H,7-9,12H2,1-6H3,(H,21,25)/t14-/m0/s1. The summed E-state index contributed by atoms with van der Waals surface area (Å²) >= 11 is 0. The van der Waals surface area contributed by atoms with Crippen molar-refractivity contribution in [1.82, 2.24) is 4.90 Å². The zero-order valence-electron chi connectivity index (χ0n) is 18.4. The van der Waals surface area contributed by atoms with E-state index in [-0.39, 0.29) is 11.8 Å². The fraction of sp³-hybridized carbons (Fsp3) is 0.600. The molecule has 0 saturated carbocycles. The van der Waals surface area contributed by atoms with Crippen LogP contribution in [0.25, 0.3) is 0 Å². The highest BCUT2D eigenvalue weighted by atomic mass is 32.2. The van der Waals surface area contributed by atoms with Crippen molar-refractivity contribution in [1.29, 1.82) is 0 Å². The number of carbonyl (C=O) groups excluding carboxylic acids is 2. The maximum absolute atomic E-state index is 12.9. The molecule has 30 heavy (non-hydrogen) atoms. The van der Waals surface area contributed by atoms with Crippen LogP contribution < -0.4 is 13.9 Å². The topological polar surface area (TPSA) is 99.3 Å². The number of likely N-dealkylation sites (tertiary alicyclic amines) is 1. The summed E-state index contributed by atoms with van der Waals surface area (Å²) in [5.41, 5.74) is 1.82. The largest absolute Gasteiger partial charge is 0.444 e. The lowest BCUT2D eigenvalue weighted by Gasteiger charge is -2.33. The highest BCUT2D eigenvalue weighted by molar-refractivity contribution is 7.94. The first-order chi connectivity index (χ1) is 13.8. The van der Waals surface area contributed by atoms with E-state index in [1.807, 2.05) is 27.7 Å². The number of nitrogens with zero attached hydrogens (tertiary/aromatic N) is 3. The van der Waals surface area contributed by atoms with E-state index in [0.717, 1.165) is 5.56 Å². The SMILES string of the molecule is Cc1cc2c(cc1NC(=O)[C@H]1CCCN(C(=O)OC(C)(C)C)C1)N(C)S(=O)(=O)N2C. The Morgan fingerprint density at radius 1 is 1.13 bits per heavy atom. The van der Waals surface area contributed by atoms with Gasteiger partial charge in [0.2, 0.25) is 5.91 Å². The van der Waals surface area contributed by atoms with Gasteiger partial charge in [0.15, 0.2) is 0 Å². The van der Waals surface area contributed by atoms with Gasteiger partial charge in [-0.2, -0.15) is 8.42 Å². The van der Waals surface area contributed by atoms with Crippen LogP contribution in [-0.2, 0) is 19.7 Å². The van der Waals surface area contributed by atoms with Crippen molar-refractivity contribution in [2.45, 2.75) is 46.1 Å². The molecule has 0 aromatic heterocycles. The van der Waals surface area contributed by atoms with E-state index in [1.165, 1.54) is 22.7 Å². The van der Waals surface area contributed by atoms with E-state index in [0.29, 0.717) is 43.0 Å². The number of anilines is 3. The molecule has 166 valence electrons. The number of benzene rings is 1.